The molecule has 0 aromatic heterocycles. The van der Waals surface area contributed by atoms with E-state index >= 15 is 0 Å². The quantitative estimate of drug-likeness (QED) is 0.881. The van der Waals surface area contributed by atoms with Gasteiger partial charge in [-0.25, -0.2) is 0 Å². The Kier molecular flexibility index (Phi) is 5.49. The van der Waals surface area contributed by atoms with Gasteiger partial charge in [0.1, 0.15) is 12.4 Å². The number of piperidine rings is 1. The molecule has 0 spiro atoms. The lowest BCUT2D eigenvalue weighted by Crippen LogP contribution is -2.47. The summed E-state index contributed by atoms with van der Waals surface area (Å²) in [6.07, 6.45) is 3.11. The van der Waals surface area contributed by atoms with Gasteiger partial charge in [0.05, 0.1) is 6.04 Å². The number of ether oxygens (including phenoxy) is 1. The van der Waals surface area contributed by atoms with Gasteiger partial charge < -0.3 is 15.4 Å². The highest BCUT2D eigenvalue weighted by Crippen LogP contribution is 2.20. The maximum Gasteiger partial charge on any atom is 0.241 e. The molecule has 0 radical (unpaired) electrons. The third-order valence-electron chi connectivity index (χ3n) is 4.28. The molecule has 4 heteroatoms. The molecule has 1 aliphatic heterocycles. The van der Waals surface area contributed by atoms with Crippen molar-refractivity contribution in [1.82, 2.24) is 5.32 Å². The van der Waals surface area contributed by atoms with Crippen LogP contribution in [0.3, 0.4) is 0 Å². The van der Waals surface area contributed by atoms with Gasteiger partial charge in [0, 0.05) is 17.8 Å². The lowest BCUT2D eigenvalue weighted by molar-refractivity contribution is -0.118. The van der Waals surface area contributed by atoms with Crippen LogP contribution in [-0.2, 0) is 11.4 Å². The van der Waals surface area contributed by atoms with Gasteiger partial charge in [-0.3, -0.25) is 4.79 Å². The molecule has 0 aliphatic carbocycles. The first-order valence-corrected chi connectivity index (χ1v) is 8.54. The molecule has 2 N–H and O–H groups in total. The Morgan fingerprint density at radius 2 is 2.00 bits per heavy atom. The van der Waals surface area contributed by atoms with Crippen molar-refractivity contribution in [3.8, 4) is 5.75 Å². The van der Waals surface area contributed by atoms with Crippen LogP contribution < -0.4 is 15.4 Å². The predicted octanol–water partition coefficient (Wildman–Crippen LogP) is 3.73. The number of carbonyl (C=O) groups excluding carboxylic acids is 1. The van der Waals surface area contributed by atoms with E-state index in [-0.39, 0.29) is 11.9 Å². The summed E-state index contributed by atoms with van der Waals surface area (Å²) in [6.45, 7) is 2.64. The van der Waals surface area contributed by atoms with Crippen molar-refractivity contribution < 1.29 is 9.53 Å². The average molecular weight is 324 g/mol. The third-order valence-corrected chi connectivity index (χ3v) is 4.28. The van der Waals surface area contributed by atoms with Gasteiger partial charge in [-0.05, 0) is 43.9 Å². The normalized spacial score (nSPS) is 20.4. The summed E-state index contributed by atoms with van der Waals surface area (Å²) in [5.74, 6) is 0.781. The van der Waals surface area contributed by atoms with Crippen molar-refractivity contribution in [3.05, 3.63) is 60.2 Å². The SMILES string of the molecule is CC1CCCC(C(=O)Nc2cccc(OCc3ccccc3)c2)N1. The fourth-order valence-electron chi connectivity index (χ4n) is 2.98. The third kappa shape index (κ3) is 4.59. The van der Waals surface area contributed by atoms with E-state index in [1.807, 2.05) is 54.6 Å². The first kappa shape index (κ1) is 16.5. The van der Waals surface area contributed by atoms with Gasteiger partial charge in [-0.15, -0.1) is 0 Å². The van der Waals surface area contributed by atoms with Crippen molar-refractivity contribution in [2.45, 2.75) is 44.9 Å². The van der Waals surface area contributed by atoms with E-state index in [1.54, 1.807) is 0 Å². The Morgan fingerprint density at radius 3 is 2.79 bits per heavy atom. The Labute approximate surface area is 143 Å². The standard InChI is InChI=1S/C20H24N2O2/c1-15-7-5-12-19(21-15)20(23)22-17-10-6-11-18(13-17)24-14-16-8-3-2-4-9-16/h2-4,6,8-11,13,15,19,21H,5,7,12,14H2,1H3,(H,22,23). The fourth-order valence-corrected chi connectivity index (χ4v) is 2.98. The summed E-state index contributed by atoms with van der Waals surface area (Å²) in [5, 5.41) is 6.34. The molecule has 2 unspecified atom stereocenters. The molecule has 1 heterocycles. The molecule has 1 fully saturated rings. The molecule has 1 saturated heterocycles. The second kappa shape index (κ2) is 7.97. The van der Waals surface area contributed by atoms with E-state index in [4.69, 9.17) is 4.74 Å². The number of rotatable bonds is 5. The van der Waals surface area contributed by atoms with E-state index in [0.717, 1.165) is 36.3 Å². The maximum absolute atomic E-state index is 12.4. The van der Waals surface area contributed by atoms with Crippen LogP contribution in [0.4, 0.5) is 5.69 Å². The van der Waals surface area contributed by atoms with Gasteiger partial charge in [-0.1, -0.05) is 36.4 Å². The lowest BCUT2D eigenvalue weighted by Gasteiger charge is -2.27. The first-order chi connectivity index (χ1) is 11.7. The highest BCUT2D eigenvalue weighted by atomic mass is 16.5. The summed E-state index contributed by atoms with van der Waals surface area (Å²) in [5.41, 5.74) is 1.89. The molecule has 1 amide bonds. The molecule has 0 bridgehead atoms. The number of hydrogen-bond donors (Lipinski definition) is 2. The summed E-state index contributed by atoms with van der Waals surface area (Å²) in [7, 11) is 0. The van der Waals surface area contributed by atoms with Crippen LogP contribution in [0, 0.1) is 0 Å². The maximum atomic E-state index is 12.4. The zero-order valence-corrected chi connectivity index (χ0v) is 14.0. The van der Waals surface area contributed by atoms with Crippen LogP contribution in [-0.4, -0.2) is 18.0 Å². The van der Waals surface area contributed by atoms with Crippen molar-refractivity contribution in [2.24, 2.45) is 0 Å². The molecular formula is C20H24N2O2. The average Bonchev–Trinajstić information content (AvgIpc) is 2.61. The summed E-state index contributed by atoms with van der Waals surface area (Å²) in [4.78, 5) is 12.4. The Bertz CT molecular complexity index is 672. The highest BCUT2D eigenvalue weighted by molar-refractivity contribution is 5.95. The van der Waals surface area contributed by atoms with Gasteiger partial charge in [0.25, 0.3) is 0 Å². The van der Waals surface area contributed by atoms with E-state index < -0.39 is 0 Å². The smallest absolute Gasteiger partial charge is 0.241 e. The molecule has 24 heavy (non-hydrogen) atoms. The van der Waals surface area contributed by atoms with Crippen LogP contribution in [0.1, 0.15) is 31.7 Å². The van der Waals surface area contributed by atoms with Crippen molar-refractivity contribution in [2.75, 3.05) is 5.32 Å². The summed E-state index contributed by atoms with van der Waals surface area (Å²) >= 11 is 0. The number of carbonyl (C=O) groups is 1. The number of amides is 1. The first-order valence-electron chi connectivity index (χ1n) is 8.54. The van der Waals surface area contributed by atoms with E-state index in [1.165, 1.54) is 0 Å². The lowest BCUT2D eigenvalue weighted by atomic mass is 9.99. The molecule has 3 rings (SSSR count). The number of hydrogen-bond acceptors (Lipinski definition) is 3. The number of nitrogens with one attached hydrogen (secondary N) is 2. The molecular weight excluding hydrogens is 300 g/mol. The van der Waals surface area contributed by atoms with Crippen LogP contribution in [0.25, 0.3) is 0 Å². The minimum absolute atomic E-state index is 0.0294. The second-order valence-electron chi connectivity index (χ2n) is 6.34. The minimum Gasteiger partial charge on any atom is -0.489 e. The van der Waals surface area contributed by atoms with Crippen molar-refractivity contribution >= 4 is 11.6 Å². The van der Waals surface area contributed by atoms with Crippen molar-refractivity contribution in [3.63, 3.8) is 0 Å². The summed E-state index contributed by atoms with van der Waals surface area (Å²) in [6, 6.07) is 17.9. The summed E-state index contributed by atoms with van der Waals surface area (Å²) < 4.78 is 5.81. The number of anilines is 1. The molecule has 2 atom stereocenters. The molecule has 2 aromatic carbocycles. The molecule has 126 valence electrons. The zero-order chi connectivity index (χ0) is 16.8. The van der Waals surface area contributed by atoms with E-state index in [9.17, 15) is 4.79 Å². The Balaban J connectivity index is 1.57. The van der Waals surface area contributed by atoms with Crippen LogP contribution >= 0.6 is 0 Å². The number of benzene rings is 2. The predicted molar refractivity (Wildman–Crippen MR) is 96.1 cm³/mol. The van der Waals surface area contributed by atoms with Gasteiger partial charge in [0.2, 0.25) is 5.91 Å². The van der Waals surface area contributed by atoms with Crippen LogP contribution in [0.15, 0.2) is 54.6 Å². The monoisotopic (exact) mass is 324 g/mol. The van der Waals surface area contributed by atoms with E-state index in [2.05, 4.69) is 17.6 Å². The largest absolute Gasteiger partial charge is 0.489 e. The molecule has 2 aromatic rings. The molecule has 1 aliphatic rings. The second-order valence-corrected chi connectivity index (χ2v) is 6.34. The Hall–Kier alpha value is -2.33. The van der Waals surface area contributed by atoms with Gasteiger partial charge >= 0.3 is 0 Å². The van der Waals surface area contributed by atoms with Gasteiger partial charge in [-0.2, -0.15) is 0 Å². The zero-order valence-electron chi connectivity index (χ0n) is 14.0. The minimum atomic E-state index is -0.109. The van der Waals surface area contributed by atoms with Crippen molar-refractivity contribution in [1.29, 1.82) is 0 Å². The topological polar surface area (TPSA) is 50.4 Å². The van der Waals surface area contributed by atoms with Crippen LogP contribution in [0.2, 0.25) is 0 Å². The van der Waals surface area contributed by atoms with Crippen LogP contribution in [0.5, 0.6) is 5.75 Å². The highest BCUT2D eigenvalue weighted by Gasteiger charge is 2.24. The fraction of sp³-hybridized carbons (Fsp3) is 0.350. The van der Waals surface area contributed by atoms with E-state index in [0.29, 0.717) is 12.6 Å². The molecule has 4 nitrogen and oxygen atoms in total. The van der Waals surface area contributed by atoms with Gasteiger partial charge in [0.15, 0.2) is 0 Å². The molecule has 0 saturated carbocycles. The Morgan fingerprint density at radius 1 is 1.17 bits per heavy atom.